The Bertz CT molecular complexity index is 338. The topological polar surface area (TPSA) is 55.8 Å². The second-order valence-corrected chi connectivity index (χ2v) is 2.93. The molecule has 0 aliphatic rings. The summed E-state index contributed by atoms with van der Waals surface area (Å²) in [6, 6.07) is 4.37. The highest BCUT2D eigenvalue weighted by Gasteiger charge is 2.11. The van der Waals surface area contributed by atoms with Crippen molar-refractivity contribution in [2.24, 2.45) is 0 Å². The lowest BCUT2D eigenvalue weighted by molar-refractivity contribution is 0.0483. The zero-order chi connectivity index (χ0) is 10.6. The molecule has 5 heteroatoms. The fraction of sp³-hybridized carbons (Fsp3) is 0.222. The van der Waals surface area contributed by atoms with Crippen LogP contribution in [0.3, 0.4) is 0 Å². The first kappa shape index (κ1) is 10.8. The third kappa shape index (κ3) is 2.61. The molecule has 14 heavy (non-hydrogen) atoms. The van der Waals surface area contributed by atoms with E-state index in [1.54, 1.807) is 6.07 Å². The van der Waals surface area contributed by atoms with Crippen molar-refractivity contribution in [2.75, 3.05) is 13.9 Å². The van der Waals surface area contributed by atoms with Crippen LogP contribution in [0, 0.1) is 0 Å². The summed E-state index contributed by atoms with van der Waals surface area (Å²) in [5.41, 5.74) is 0.0227. The second kappa shape index (κ2) is 4.83. The average molecular weight is 217 g/mol. The van der Waals surface area contributed by atoms with Gasteiger partial charge in [-0.25, -0.2) is 4.79 Å². The Kier molecular flexibility index (Phi) is 3.73. The van der Waals surface area contributed by atoms with Gasteiger partial charge in [0.2, 0.25) is 0 Å². The van der Waals surface area contributed by atoms with Crippen LogP contribution < -0.4 is 4.74 Å². The van der Waals surface area contributed by atoms with E-state index in [1.165, 1.54) is 19.2 Å². The van der Waals surface area contributed by atoms with Gasteiger partial charge in [-0.1, -0.05) is 11.6 Å². The van der Waals surface area contributed by atoms with Crippen LogP contribution in [0.2, 0.25) is 5.02 Å². The second-order valence-electron chi connectivity index (χ2n) is 2.50. The van der Waals surface area contributed by atoms with Crippen LogP contribution in [-0.4, -0.2) is 25.0 Å². The van der Waals surface area contributed by atoms with Crippen LogP contribution in [0.1, 0.15) is 10.4 Å². The highest BCUT2D eigenvalue weighted by atomic mass is 35.5. The van der Waals surface area contributed by atoms with Crippen molar-refractivity contribution in [3.05, 3.63) is 28.8 Å². The van der Waals surface area contributed by atoms with Crippen molar-refractivity contribution >= 4 is 17.6 Å². The standard InChI is InChI=1S/C9H9ClO4/c1-13-5-14-8-3-2-6(10)4-7(8)9(11)12/h2-4H,5H2,1H3,(H,11,12). The van der Waals surface area contributed by atoms with E-state index in [0.717, 1.165) is 0 Å². The Morgan fingerprint density at radius 3 is 2.86 bits per heavy atom. The van der Waals surface area contributed by atoms with Gasteiger partial charge >= 0.3 is 5.97 Å². The number of rotatable bonds is 4. The van der Waals surface area contributed by atoms with Gasteiger partial charge in [-0.15, -0.1) is 0 Å². The van der Waals surface area contributed by atoms with Gasteiger partial charge in [0.15, 0.2) is 6.79 Å². The summed E-state index contributed by atoms with van der Waals surface area (Å²) >= 11 is 5.64. The molecule has 1 rings (SSSR count). The Balaban J connectivity index is 2.96. The first-order valence-electron chi connectivity index (χ1n) is 3.79. The summed E-state index contributed by atoms with van der Waals surface area (Å²) < 4.78 is 9.70. The SMILES string of the molecule is COCOc1ccc(Cl)cc1C(=O)O. The number of hydrogen-bond donors (Lipinski definition) is 1. The van der Waals surface area contributed by atoms with Crippen molar-refractivity contribution in [3.8, 4) is 5.75 Å². The maximum atomic E-state index is 10.8. The molecule has 0 fully saturated rings. The summed E-state index contributed by atoms with van der Waals surface area (Å²) in [5, 5.41) is 9.16. The molecule has 0 saturated heterocycles. The number of carboxylic acids is 1. The van der Waals surface area contributed by atoms with Crippen molar-refractivity contribution in [1.29, 1.82) is 0 Å². The molecule has 0 heterocycles. The Hall–Kier alpha value is -1.26. The molecule has 0 bridgehead atoms. The summed E-state index contributed by atoms with van der Waals surface area (Å²) in [7, 11) is 1.45. The smallest absolute Gasteiger partial charge is 0.339 e. The minimum absolute atomic E-state index is 0.00190. The zero-order valence-electron chi connectivity index (χ0n) is 7.49. The average Bonchev–Trinajstić information content (AvgIpc) is 2.15. The van der Waals surface area contributed by atoms with E-state index in [0.29, 0.717) is 5.02 Å². The van der Waals surface area contributed by atoms with Crippen LogP contribution >= 0.6 is 11.6 Å². The van der Waals surface area contributed by atoms with Crippen molar-refractivity contribution < 1.29 is 19.4 Å². The number of carboxylic acid groups (broad SMARTS) is 1. The number of methoxy groups -OCH3 is 1. The fourth-order valence-corrected chi connectivity index (χ4v) is 1.09. The monoisotopic (exact) mass is 216 g/mol. The Labute approximate surface area is 86.0 Å². The number of hydrogen-bond acceptors (Lipinski definition) is 3. The molecule has 0 amide bonds. The fourth-order valence-electron chi connectivity index (χ4n) is 0.918. The first-order valence-corrected chi connectivity index (χ1v) is 4.17. The van der Waals surface area contributed by atoms with Crippen LogP contribution in [0.4, 0.5) is 0 Å². The Morgan fingerprint density at radius 2 is 2.29 bits per heavy atom. The lowest BCUT2D eigenvalue weighted by Gasteiger charge is -2.07. The van der Waals surface area contributed by atoms with Gasteiger partial charge in [0, 0.05) is 12.1 Å². The van der Waals surface area contributed by atoms with Crippen molar-refractivity contribution in [1.82, 2.24) is 0 Å². The molecule has 76 valence electrons. The first-order chi connectivity index (χ1) is 6.65. The van der Waals surface area contributed by atoms with E-state index in [1.807, 2.05) is 0 Å². The van der Waals surface area contributed by atoms with Crippen molar-refractivity contribution in [2.45, 2.75) is 0 Å². The number of ether oxygens (including phenoxy) is 2. The molecule has 0 aromatic heterocycles. The summed E-state index contributed by atoms with van der Waals surface area (Å²) in [5.74, 6) is -0.845. The van der Waals surface area contributed by atoms with E-state index in [-0.39, 0.29) is 18.1 Å². The molecule has 4 nitrogen and oxygen atoms in total. The molecule has 1 N–H and O–H groups in total. The molecule has 1 aromatic carbocycles. The number of aromatic carboxylic acids is 1. The highest BCUT2D eigenvalue weighted by Crippen LogP contribution is 2.22. The third-order valence-electron chi connectivity index (χ3n) is 1.50. The minimum Gasteiger partial charge on any atom is -0.478 e. The number of benzene rings is 1. The van der Waals surface area contributed by atoms with E-state index in [2.05, 4.69) is 4.74 Å². The predicted octanol–water partition coefficient (Wildman–Crippen LogP) is 2.02. The van der Waals surface area contributed by atoms with E-state index in [9.17, 15) is 4.79 Å². The summed E-state index contributed by atoms with van der Waals surface area (Å²) in [6.07, 6.45) is 0. The van der Waals surface area contributed by atoms with E-state index < -0.39 is 5.97 Å². The summed E-state index contributed by atoms with van der Waals surface area (Å²) in [6.45, 7) is 0.00190. The van der Waals surface area contributed by atoms with Crippen LogP contribution in [0.5, 0.6) is 5.75 Å². The van der Waals surface area contributed by atoms with E-state index >= 15 is 0 Å². The van der Waals surface area contributed by atoms with E-state index in [4.69, 9.17) is 21.4 Å². The molecule has 0 aliphatic carbocycles. The van der Waals surface area contributed by atoms with Crippen molar-refractivity contribution in [3.63, 3.8) is 0 Å². The normalized spacial score (nSPS) is 9.86. The maximum Gasteiger partial charge on any atom is 0.339 e. The lowest BCUT2D eigenvalue weighted by Crippen LogP contribution is -2.05. The molecule has 0 aliphatic heterocycles. The van der Waals surface area contributed by atoms with Gasteiger partial charge in [0.25, 0.3) is 0 Å². The molecule has 0 unspecified atom stereocenters. The molecule has 1 aromatic rings. The van der Waals surface area contributed by atoms with Crippen LogP contribution in [-0.2, 0) is 4.74 Å². The maximum absolute atomic E-state index is 10.8. The molecule has 0 radical (unpaired) electrons. The molecule has 0 atom stereocenters. The van der Waals surface area contributed by atoms with Crippen LogP contribution in [0.25, 0.3) is 0 Å². The van der Waals surface area contributed by atoms with Gasteiger partial charge < -0.3 is 14.6 Å². The van der Waals surface area contributed by atoms with Gasteiger partial charge in [-0.3, -0.25) is 0 Å². The molecular weight excluding hydrogens is 208 g/mol. The quantitative estimate of drug-likeness (QED) is 0.783. The van der Waals surface area contributed by atoms with Gasteiger partial charge in [-0.2, -0.15) is 0 Å². The lowest BCUT2D eigenvalue weighted by atomic mass is 10.2. The van der Waals surface area contributed by atoms with Gasteiger partial charge in [0.05, 0.1) is 0 Å². The molecular formula is C9H9ClO4. The number of carbonyl (C=O) groups is 1. The van der Waals surface area contributed by atoms with Gasteiger partial charge in [-0.05, 0) is 18.2 Å². The zero-order valence-corrected chi connectivity index (χ0v) is 8.25. The predicted molar refractivity (Wildman–Crippen MR) is 50.9 cm³/mol. The largest absolute Gasteiger partial charge is 0.478 e. The highest BCUT2D eigenvalue weighted by molar-refractivity contribution is 6.31. The van der Waals surface area contributed by atoms with Crippen LogP contribution in [0.15, 0.2) is 18.2 Å². The van der Waals surface area contributed by atoms with Gasteiger partial charge in [0.1, 0.15) is 11.3 Å². The number of halogens is 1. The molecule has 0 saturated carbocycles. The third-order valence-corrected chi connectivity index (χ3v) is 1.74. The minimum atomic E-state index is -1.08. The summed E-state index contributed by atoms with van der Waals surface area (Å²) in [4.78, 5) is 10.8. The molecule has 0 spiro atoms. The Morgan fingerprint density at radius 1 is 1.57 bits per heavy atom.